The van der Waals surface area contributed by atoms with Crippen LogP contribution in [0.3, 0.4) is 0 Å². The molecule has 3 aromatic heterocycles. The van der Waals surface area contributed by atoms with E-state index < -0.39 is 59.9 Å². The van der Waals surface area contributed by atoms with Crippen LogP contribution < -0.4 is 10.4 Å². The van der Waals surface area contributed by atoms with Gasteiger partial charge in [0.1, 0.15) is 6.61 Å². The minimum absolute atomic E-state index is 0.0137. The summed E-state index contributed by atoms with van der Waals surface area (Å²) in [6, 6.07) is 0.614. The molecule has 184 valence electrons. The zero-order chi connectivity index (χ0) is 25.4. The molecule has 0 aliphatic carbocycles. The number of aromatic nitrogens is 6. The molecule has 34 heavy (non-hydrogen) atoms. The van der Waals surface area contributed by atoms with Crippen LogP contribution in [0.25, 0.3) is 5.82 Å². The Morgan fingerprint density at radius 3 is 2.50 bits per heavy atom. The topological polar surface area (TPSA) is 117 Å². The molecule has 0 aliphatic heterocycles. The van der Waals surface area contributed by atoms with E-state index in [1.807, 2.05) is 0 Å². The molecule has 3 rings (SSSR count). The van der Waals surface area contributed by atoms with Crippen molar-refractivity contribution in [3.63, 3.8) is 0 Å². The van der Waals surface area contributed by atoms with E-state index in [2.05, 4.69) is 15.2 Å². The smallest absolute Gasteiger partial charge is 0.425 e. The fraction of sp³-hybridized carbons (Fsp3) is 0.421. The molecule has 1 atom stereocenters. The Kier molecular flexibility index (Phi) is 7.12. The molecule has 15 heteroatoms. The molecule has 10 nitrogen and oxygen atoms in total. The Morgan fingerprint density at radius 1 is 1.32 bits per heavy atom. The highest BCUT2D eigenvalue weighted by Gasteiger charge is 2.39. The normalized spacial score (nSPS) is 12.7. The summed E-state index contributed by atoms with van der Waals surface area (Å²) in [5, 5.41) is 17.0. The number of aliphatic hydroxyl groups excluding tert-OH is 1. The lowest BCUT2D eigenvalue weighted by Crippen LogP contribution is -2.32. The van der Waals surface area contributed by atoms with Crippen LogP contribution in [-0.2, 0) is 26.6 Å². The Bertz CT molecular complexity index is 1280. The first-order chi connectivity index (χ1) is 15.9. The first-order valence-corrected chi connectivity index (χ1v) is 10.2. The van der Waals surface area contributed by atoms with Crippen molar-refractivity contribution in [2.75, 3.05) is 0 Å². The van der Waals surface area contributed by atoms with Gasteiger partial charge < -0.3 is 9.84 Å². The molecule has 0 fully saturated rings. The molecule has 0 amide bonds. The van der Waals surface area contributed by atoms with Gasteiger partial charge in [-0.2, -0.15) is 27.9 Å². The summed E-state index contributed by atoms with van der Waals surface area (Å²) in [6.07, 6.45) is -6.24. The van der Waals surface area contributed by atoms with Crippen LogP contribution in [0.15, 0.2) is 17.1 Å². The van der Waals surface area contributed by atoms with Gasteiger partial charge in [0, 0.05) is 31.8 Å². The highest BCUT2D eigenvalue weighted by Crippen LogP contribution is 2.29. The molecule has 0 aliphatic rings. The van der Waals surface area contributed by atoms with Gasteiger partial charge in [-0.05, 0) is 19.9 Å². The highest BCUT2D eigenvalue weighted by atomic mass is 35.5. The van der Waals surface area contributed by atoms with E-state index in [9.17, 15) is 32.3 Å². The maximum absolute atomic E-state index is 15.0. The number of nitrogens with zero attached hydrogens (tertiary/aromatic N) is 6. The van der Waals surface area contributed by atoms with Gasteiger partial charge in [0.05, 0.1) is 5.56 Å². The van der Waals surface area contributed by atoms with Crippen LogP contribution in [0.4, 0.5) is 17.6 Å². The number of hydrogen-bond acceptors (Lipinski definition) is 7. The summed E-state index contributed by atoms with van der Waals surface area (Å²) in [6.45, 7) is 1.67. The zero-order valence-corrected chi connectivity index (χ0v) is 18.9. The Balaban J connectivity index is 2.14. The lowest BCUT2D eigenvalue weighted by molar-refractivity contribution is -0.190. The number of pyridine rings is 1. The molecule has 3 aromatic rings. The van der Waals surface area contributed by atoms with Crippen LogP contribution >= 0.6 is 11.6 Å². The fourth-order valence-electron chi connectivity index (χ4n) is 3.04. The number of ether oxygens (including phenoxy) is 1. The Labute approximate surface area is 194 Å². The summed E-state index contributed by atoms with van der Waals surface area (Å²) in [5.41, 5.74) is -1.24. The van der Waals surface area contributed by atoms with Crippen LogP contribution in [0.5, 0.6) is 5.88 Å². The standard InChI is InChI=1S/C19H19ClF4N6O4/c1-4-29-14(8-31)26-30(18(29)33)16-12(21)6-11(17(25-16)34-9(2)19(22,23)24)13(32)5-10-7-28(3)27-15(10)20/h6-7,9,31H,4-5,8H2,1-3H3/t9-/m0/s1. The summed E-state index contributed by atoms with van der Waals surface area (Å²) in [5.74, 6) is -3.84. The number of hydrogen-bond donors (Lipinski definition) is 1. The molecule has 0 bridgehead atoms. The number of rotatable bonds is 8. The number of carbonyl (C=O) groups is 1. The van der Waals surface area contributed by atoms with Crippen LogP contribution in [-0.4, -0.2) is 52.3 Å². The number of Topliss-reactive ketones (excluding diaryl/α,β-unsaturated/α-hetero) is 1. The van der Waals surface area contributed by atoms with Gasteiger partial charge in [-0.25, -0.2) is 9.18 Å². The number of aryl methyl sites for hydroxylation is 1. The van der Waals surface area contributed by atoms with Crippen LogP contribution in [0.1, 0.15) is 35.6 Å². The third kappa shape index (κ3) is 4.97. The number of halogens is 5. The van der Waals surface area contributed by atoms with E-state index in [0.29, 0.717) is 17.7 Å². The number of alkyl halides is 3. The van der Waals surface area contributed by atoms with Gasteiger partial charge in [0.15, 0.2) is 34.5 Å². The number of aliphatic hydroxyl groups is 1. The second-order valence-corrected chi connectivity index (χ2v) is 7.54. The lowest BCUT2D eigenvalue weighted by atomic mass is 10.1. The zero-order valence-electron chi connectivity index (χ0n) is 18.1. The predicted molar refractivity (Wildman–Crippen MR) is 110 cm³/mol. The molecular formula is C19H19ClF4N6O4. The molecule has 0 spiro atoms. The van der Waals surface area contributed by atoms with Crippen molar-refractivity contribution in [3.05, 3.63) is 50.7 Å². The van der Waals surface area contributed by atoms with Crippen molar-refractivity contribution in [2.45, 2.75) is 45.7 Å². The van der Waals surface area contributed by atoms with E-state index >= 15 is 0 Å². The van der Waals surface area contributed by atoms with Crippen molar-refractivity contribution >= 4 is 17.4 Å². The molecule has 0 unspecified atom stereocenters. The third-order valence-corrected chi connectivity index (χ3v) is 5.09. The lowest BCUT2D eigenvalue weighted by Gasteiger charge is -2.19. The van der Waals surface area contributed by atoms with Crippen molar-refractivity contribution < 1.29 is 32.2 Å². The number of ketones is 1. The molecule has 0 saturated carbocycles. The molecular weight excluding hydrogens is 488 g/mol. The fourth-order valence-corrected chi connectivity index (χ4v) is 3.28. The SMILES string of the molecule is CCn1c(CO)nn(-c2nc(O[C@@H](C)C(F)(F)F)c(C(=O)Cc3cn(C)nc3Cl)cc2F)c1=O. The van der Waals surface area contributed by atoms with Crippen molar-refractivity contribution in [1.29, 1.82) is 0 Å². The predicted octanol–water partition coefficient (Wildman–Crippen LogP) is 2.22. The maximum Gasteiger partial charge on any atom is 0.425 e. The second-order valence-electron chi connectivity index (χ2n) is 7.18. The van der Waals surface area contributed by atoms with Gasteiger partial charge in [0.2, 0.25) is 5.88 Å². The molecule has 1 N–H and O–H groups in total. The average molecular weight is 507 g/mol. The monoisotopic (exact) mass is 506 g/mol. The third-order valence-electron chi connectivity index (χ3n) is 4.77. The highest BCUT2D eigenvalue weighted by molar-refractivity contribution is 6.30. The average Bonchev–Trinajstić information content (AvgIpc) is 3.25. The van der Waals surface area contributed by atoms with E-state index in [4.69, 9.17) is 16.3 Å². The van der Waals surface area contributed by atoms with Crippen LogP contribution in [0.2, 0.25) is 5.15 Å². The van der Waals surface area contributed by atoms with Crippen molar-refractivity contribution in [1.82, 2.24) is 29.1 Å². The summed E-state index contributed by atoms with van der Waals surface area (Å²) < 4.78 is 62.1. The minimum Gasteiger partial charge on any atom is -0.464 e. The quantitative estimate of drug-likeness (QED) is 0.368. The van der Waals surface area contributed by atoms with Crippen molar-refractivity contribution in [3.8, 4) is 11.7 Å². The molecule has 0 aromatic carbocycles. The molecule has 3 heterocycles. The van der Waals surface area contributed by atoms with Gasteiger partial charge in [0.25, 0.3) is 0 Å². The Hall–Kier alpha value is -3.26. The largest absolute Gasteiger partial charge is 0.464 e. The number of carbonyl (C=O) groups excluding carboxylic acids is 1. The van der Waals surface area contributed by atoms with Gasteiger partial charge in [-0.15, -0.1) is 5.10 Å². The minimum atomic E-state index is -4.83. The van der Waals surface area contributed by atoms with Crippen LogP contribution in [0, 0.1) is 5.82 Å². The summed E-state index contributed by atoms with van der Waals surface area (Å²) >= 11 is 5.94. The van der Waals surface area contributed by atoms with Crippen molar-refractivity contribution in [2.24, 2.45) is 7.05 Å². The van der Waals surface area contributed by atoms with E-state index in [1.54, 1.807) is 14.0 Å². The van der Waals surface area contributed by atoms with E-state index in [0.717, 1.165) is 4.57 Å². The first kappa shape index (κ1) is 25.4. The molecule has 0 saturated heterocycles. The first-order valence-electron chi connectivity index (χ1n) is 9.82. The summed E-state index contributed by atoms with van der Waals surface area (Å²) in [4.78, 5) is 29.1. The summed E-state index contributed by atoms with van der Waals surface area (Å²) in [7, 11) is 1.54. The van der Waals surface area contributed by atoms with E-state index in [1.165, 1.54) is 10.9 Å². The maximum atomic E-state index is 15.0. The van der Waals surface area contributed by atoms with Gasteiger partial charge in [-0.1, -0.05) is 11.6 Å². The van der Waals surface area contributed by atoms with Gasteiger partial charge >= 0.3 is 11.9 Å². The van der Waals surface area contributed by atoms with Gasteiger partial charge in [-0.3, -0.25) is 14.0 Å². The van der Waals surface area contributed by atoms with E-state index in [-0.39, 0.29) is 23.1 Å². The Morgan fingerprint density at radius 2 is 2.00 bits per heavy atom. The molecule has 0 radical (unpaired) electrons. The second kappa shape index (κ2) is 9.54.